The second-order valence-corrected chi connectivity index (χ2v) is 10.8. The minimum absolute atomic E-state index is 0.0183. The maximum Gasteiger partial charge on any atom is 0.334 e. The number of carbonyl (C=O) groups is 3. The number of rotatable bonds is 2. The number of nitrogens with zero attached hydrogens (tertiary/aromatic N) is 2. The molecule has 0 radical (unpaired) electrons. The van der Waals surface area contributed by atoms with E-state index >= 15 is 0 Å². The molecule has 3 saturated heterocycles. The summed E-state index contributed by atoms with van der Waals surface area (Å²) in [5, 5.41) is 3.10. The molecule has 1 N–H and O–H groups in total. The second kappa shape index (κ2) is 6.86. The Labute approximate surface area is 214 Å². The third kappa shape index (κ3) is 2.15. The molecule has 184 valence electrons. The van der Waals surface area contributed by atoms with Crippen molar-refractivity contribution in [2.45, 2.75) is 43.0 Å². The van der Waals surface area contributed by atoms with Crippen LogP contribution >= 0.6 is 0 Å². The van der Waals surface area contributed by atoms with Crippen molar-refractivity contribution in [2.75, 3.05) is 16.8 Å². The fourth-order valence-corrected chi connectivity index (χ4v) is 8.13. The van der Waals surface area contributed by atoms with E-state index in [9.17, 15) is 14.4 Å². The van der Waals surface area contributed by atoms with Crippen LogP contribution in [-0.4, -0.2) is 35.3 Å². The number of fused-ring (bicyclic) bond motifs is 4. The number of benzene rings is 3. The van der Waals surface area contributed by atoms with Gasteiger partial charge in [0, 0.05) is 22.9 Å². The summed E-state index contributed by atoms with van der Waals surface area (Å²) >= 11 is 0. The number of hydrogen-bond donors (Lipinski definition) is 1. The van der Waals surface area contributed by atoms with Gasteiger partial charge in [0.1, 0.15) is 5.41 Å². The summed E-state index contributed by atoms with van der Waals surface area (Å²) in [6.07, 6.45) is 2.21. The molecule has 0 aromatic heterocycles. The average Bonchev–Trinajstić information content (AvgIpc) is 3.61. The standard InChI is InChI=1S/C30H25N3O4/c34-25-28-17-20-11-8-16-33(20)29(28,21-12-4-6-14-23(21)31-25)27(36)37-30(28)22-13-5-7-15-24(22)32(26(30)35)18-19-9-2-1-3-10-19/h1-7,9-10,12-15,20H,8,11,16-18H2,(H,31,34)/t20?,28-,29+,30-/m1/s1. The largest absolute Gasteiger partial charge is 0.441 e. The first kappa shape index (κ1) is 21.1. The van der Waals surface area contributed by atoms with Crippen LogP contribution in [0.25, 0.3) is 0 Å². The van der Waals surface area contributed by atoms with Gasteiger partial charge in [-0.2, -0.15) is 0 Å². The van der Waals surface area contributed by atoms with Crippen molar-refractivity contribution in [3.05, 3.63) is 95.6 Å². The molecule has 2 amide bonds. The van der Waals surface area contributed by atoms with Crippen LogP contribution in [0.15, 0.2) is 78.9 Å². The lowest BCUT2D eigenvalue weighted by atomic mass is 9.55. The van der Waals surface area contributed by atoms with E-state index in [0.29, 0.717) is 36.4 Å². The molecule has 1 unspecified atom stereocenters. The van der Waals surface area contributed by atoms with Crippen LogP contribution in [-0.2, 0) is 36.8 Å². The third-order valence-electron chi connectivity index (χ3n) is 9.37. The maximum absolute atomic E-state index is 14.8. The molecule has 0 bridgehead atoms. The average molecular weight is 492 g/mol. The van der Waals surface area contributed by atoms with E-state index in [4.69, 9.17) is 4.74 Å². The molecule has 5 heterocycles. The lowest BCUT2D eigenvalue weighted by Crippen LogP contribution is -2.65. The Morgan fingerprint density at radius 2 is 1.62 bits per heavy atom. The monoisotopic (exact) mass is 491 g/mol. The lowest BCUT2D eigenvalue weighted by Gasteiger charge is -2.47. The van der Waals surface area contributed by atoms with Crippen LogP contribution < -0.4 is 10.2 Å². The van der Waals surface area contributed by atoms with Crippen LogP contribution in [0.5, 0.6) is 0 Å². The first-order valence-electron chi connectivity index (χ1n) is 12.9. The molecule has 3 fully saturated rings. The highest BCUT2D eigenvalue weighted by Gasteiger charge is 2.89. The molecule has 0 aliphatic carbocycles. The van der Waals surface area contributed by atoms with Gasteiger partial charge in [-0.3, -0.25) is 14.5 Å². The van der Waals surface area contributed by atoms with Gasteiger partial charge in [0.2, 0.25) is 11.5 Å². The molecule has 5 aliphatic rings. The molecule has 8 rings (SSSR count). The van der Waals surface area contributed by atoms with Gasteiger partial charge in [0.25, 0.3) is 5.91 Å². The first-order chi connectivity index (χ1) is 18.1. The summed E-state index contributed by atoms with van der Waals surface area (Å²) in [5.74, 6) is -1.15. The highest BCUT2D eigenvalue weighted by atomic mass is 16.6. The molecule has 37 heavy (non-hydrogen) atoms. The topological polar surface area (TPSA) is 78.9 Å². The van der Waals surface area contributed by atoms with Crippen molar-refractivity contribution in [3.63, 3.8) is 0 Å². The summed E-state index contributed by atoms with van der Waals surface area (Å²) in [7, 11) is 0. The SMILES string of the molecule is O=C1Nc2ccccc2[C@]23C(=O)O[C@]4(C(=O)N(Cc5ccccc5)c5ccccc54)[C@]12CC1CCCN13. The quantitative estimate of drug-likeness (QED) is 0.554. The molecular formula is C30H25N3O4. The molecule has 7 heteroatoms. The molecular weight excluding hydrogens is 466 g/mol. The molecule has 0 saturated carbocycles. The van der Waals surface area contributed by atoms with Crippen molar-refractivity contribution in [3.8, 4) is 0 Å². The van der Waals surface area contributed by atoms with E-state index in [1.54, 1.807) is 4.90 Å². The predicted octanol–water partition coefficient (Wildman–Crippen LogP) is 3.69. The first-order valence-corrected chi connectivity index (χ1v) is 12.9. The van der Waals surface area contributed by atoms with Crippen LogP contribution in [0, 0.1) is 5.41 Å². The van der Waals surface area contributed by atoms with Crippen LogP contribution in [0.3, 0.4) is 0 Å². The predicted molar refractivity (Wildman–Crippen MR) is 135 cm³/mol. The van der Waals surface area contributed by atoms with Gasteiger partial charge in [-0.05, 0) is 43.5 Å². The van der Waals surface area contributed by atoms with E-state index in [1.165, 1.54) is 0 Å². The Morgan fingerprint density at radius 3 is 2.46 bits per heavy atom. The Balaban J connectivity index is 1.42. The number of hydrogen-bond acceptors (Lipinski definition) is 5. The molecule has 3 aromatic rings. The van der Waals surface area contributed by atoms with Gasteiger partial charge in [0.15, 0.2) is 5.54 Å². The van der Waals surface area contributed by atoms with Gasteiger partial charge in [-0.1, -0.05) is 66.7 Å². The molecule has 7 nitrogen and oxygen atoms in total. The van der Waals surface area contributed by atoms with Gasteiger partial charge in [0.05, 0.1) is 12.2 Å². The normalized spacial score (nSPS) is 33.0. The zero-order valence-corrected chi connectivity index (χ0v) is 20.1. The molecule has 5 aliphatic heterocycles. The lowest BCUT2D eigenvalue weighted by molar-refractivity contribution is -0.167. The van der Waals surface area contributed by atoms with Crippen molar-refractivity contribution in [2.24, 2.45) is 5.41 Å². The van der Waals surface area contributed by atoms with Crippen molar-refractivity contribution < 1.29 is 19.1 Å². The highest BCUT2D eigenvalue weighted by molar-refractivity contribution is 6.19. The Bertz CT molecular complexity index is 1520. The minimum atomic E-state index is -1.74. The van der Waals surface area contributed by atoms with Crippen LogP contribution in [0.1, 0.15) is 36.0 Å². The second-order valence-electron chi connectivity index (χ2n) is 10.8. The van der Waals surface area contributed by atoms with Crippen molar-refractivity contribution in [1.82, 2.24) is 4.90 Å². The van der Waals surface area contributed by atoms with Gasteiger partial charge in [-0.25, -0.2) is 4.79 Å². The zero-order chi connectivity index (χ0) is 25.0. The smallest absolute Gasteiger partial charge is 0.334 e. The number of anilines is 2. The molecule has 4 atom stereocenters. The minimum Gasteiger partial charge on any atom is -0.441 e. The number of amides is 2. The Kier molecular flexibility index (Phi) is 3.92. The fourth-order valence-electron chi connectivity index (χ4n) is 8.13. The van der Waals surface area contributed by atoms with Crippen LogP contribution in [0.4, 0.5) is 11.4 Å². The van der Waals surface area contributed by atoms with E-state index in [0.717, 1.165) is 24.0 Å². The summed E-state index contributed by atoms with van der Waals surface area (Å²) in [6, 6.07) is 24.8. The molecule has 3 aromatic carbocycles. The number of nitrogens with one attached hydrogen (secondary N) is 1. The van der Waals surface area contributed by atoms with E-state index < -0.39 is 22.5 Å². The van der Waals surface area contributed by atoms with Crippen molar-refractivity contribution in [1.29, 1.82) is 0 Å². The number of para-hydroxylation sites is 2. The summed E-state index contributed by atoms with van der Waals surface area (Å²) in [4.78, 5) is 47.5. The third-order valence-corrected chi connectivity index (χ3v) is 9.37. The summed E-state index contributed by atoms with van der Waals surface area (Å²) < 4.78 is 6.41. The van der Waals surface area contributed by atoms with Crippen molar-refractivity contribution >= 4 is 29.2 Å². The van der Waals surface area contributed by atoms with E-state index in [-0.39, 0.29) is 17.9 Å². The number of esters is 1. The van der Waals surface area contributed by atoms with Gasteiger partial charge >= 0.3 is 5.97 Å². The Morgan fingerprint density at radius 1 is 0.892 bits per heavy atom. The number of carbonyl (C=O) groups excluding carboxylic acids is 3. The van der Waals surface area contributed by atoms with Crippen LogP contribution in [0.2, 0.25) is 0 Å². The fraction of sp³-hybridized carbons (Fsp3) is 0.300. The zero-order valence-electron chi connectivity index (χ0n) is 20.1. The molecule has 1 spiro atoms. The number of ether oxygens (including phenoxy) is 1. The summed E-state index contributed by atoms with van der Waals surface area (Å²) in [5.41, 5.74) is -0.918. The highest BCUT2D eigenvalue weighted by Crippen LogP contribution is 2.74. The maximum atomic E-state index is 14.8. The van der Waals surface area contributed by atoms with E-state index in [1.807, 2.05) is 78.9 Å². The van der Waals surface area contributed by atoms with E-state index in [2.05, 4.69) is 10.2 Å². The Hall–Kier alpha value is -3.97. The van der Waals surface area contributed by atoms with Gasteiger partial charge < -0.3 is 15.0 Å². The summed E-state index contributed by atoms with van der Waals surface area (Å²) in [6.45, 7) is 1.01. The van der Waals surface area contributed by atoms with Gasteiger partial charge in [-0.15, -0.1) is 0 Å².